The van der Waals surface area contributed by atoms with Gasteiger partial charge in [0.05, 0.1) is 29.7 Å². The van der Waals surface area contributed by atoms with Crippen LogP contribution in [0.3, 0.4) is 0 Å². The molecule has 1 saturated heterocycles. The standard InChI is InChI=1S/C24H23F5N6O2.H3N/c1-4-5-23(35-9-17(20(10-36)33-35)16-8-30-32-13(16)2)11-34(12-23)21-7-18(25)15(6-19(21)26)22(37)31-14(3)24(27,28)29;/h1,6-9,14,36H,5,10-12H2,2-3H3,(H,30,32)(H,31,37);1H3/t14-;/m0./s1. The first-order valence-electron chi connectivity index (χ1n) is 11.2. The minimum atomic E-state index is -4.73. The predicted molar refractivity (Wildman–Crippen MR) is 128 cm³/mol. The van der Waals surface area contributed by atoms with Gasteiger partial charge in [-0.15, -0.1) is 12.3 Å². The molecule has 1 aliphatic rings. The Bertz CT molecular complexity index is 1370. The number of aryl methyl sites for hydroxylation is 1. The van der Waals surface area contributed by atoms with E-state index in [1.165, 1.54) is 4.90 Å². The average molecular weight is 540 g/mol. The van der Waals surface area contributed by atoms with Crippen LogP contribution in [0.5, 0.6) is 0 Å². The zero-order valence-electron chi connectivity index (χ0n) is 20.5. The number of aliphatic hydroxyl groups is 1. The fourth-order valence-electron chi connectivity index (χ4n) is 4.29. The molecule has 3 aromatic rings. The van der Waals surface area contributed by atoms with Crippen molar-refractivity contribution in [3.8, 4) is 23.5 Å². The van der Waals surface area contributed by atoms with Crippen LogP contribution in [-0.4, -0.2) is 56.3 Å². The van der Waals surface area contributed by atoms with Crippen molar-refractivity contribution >= 4 is 11.6 Å². The topological polar surface area (TPSA) is 134 Å². The Balaban J connectivity index is 0.00000400. The second-order valence-electron chi connectivity index (χ2n) is 8.98. The number of benzene rings is 1. The second kappa shape index (κ2) is 10.4. The van der Waals surface area contributed by atoms with E-state index in [0.717, 1.165) is 17.3 Å². The van der Waals surface area contributed by atoms with Gasteiger partial charge in [-0.1, -0.05) is 0 Å². The molecule has 3 heterocycles. The van der Waals surface area contributed by atoms with Crippen LogP contribution in [0.25, 0.3) is 11.1 Å². The van der Waals surface area contributed by atoms with E-state index in [2.05, 4.69) is 21.2 Å². The highest BCUT2D eigenvalue weighted by Crippen LogP contribution is 2.39. The predicted octanol–water partition coefficient (Wildman–Crippen LogP) is 3.43. The first-order chi connectivity index (χ1) is 17.4. The average Bonchev–Trinajstić information content (AvgIpc) is 3.42. The summed E-state index contributed by atoms with van der Waals surface area (Å²) >= 11 is 0. The fraction of sp³-hybridized carbons (Fsp3) is 0.375. The maximum atomic E-state index is 14.9. The van der Waals surface area contributed by atoms with Gasteiger partial charge < -0.3 is 21.5 Å². The molecule has 0 radical (unpaired) electrons. The highest BCUT2D eigenvalue weighted by molar-refractivity contribution is 5.95. The Hall–Kier alpha value is -3.96. The summed E-state index contributed by atoms with van der Waals surface area (Å²) in [6.45, 7) is 2.41. The Kier molecular flexibility index (Phi) is 7.85. The maximum Gasteiger partial charge on any atom is 0.408 e. The van der Waals surface area contributed by atoms with Crippen molar-refractivity contribution in [2.75, 3.05) is 18.0 Å². The molecule has 0 bridgehead atoms. The van der Waals surface area contributed by atoms with E-state index in [1.54, 1.807) is 22.4 Å². The number of nitrogens with one attached hydrogen (secondary N) is 2. The quantitative estimate of drug-likeness (QED) is 0.269. The molecule has 9 nitrogen and oxygen atoms in total. The normalized spacial score (nSPS) is 15.3. The lowest BCUT2D eigenvalue weighted by Crippen LogP contribution is -2.63. The third kappa shape index (κ3) is 5.07. The summed E-state index contributed by atoms with van der Waals surface area (Å²) in [5.41, 5.74) is 0.726. The minimum Gasteiger partial charge on any atom is -0.390 e. The fourth-order valence-corrected chi connectivity index (χ4v) is 4.29. The summed E-state index contributed by atoms with van der Waals surface area (Å²) in [6.07, 6.45) is 4.36. The number of aromatic amines is 1. The number of alkyl halides is 3. The molecule has 1 atom stereocenters. The molecule has 6 N–H and O–H groups in total. The third-order valence-corrected chi connectivity index (χ3v) is 6.41. The number of aliphatic hydroxyl groups excluding tert-OH is 1. The molecule has 38 heavy (non-hydrogen) atoms. The summed E-state index contributed by atoms with van der Waals surface area (Å²) in [5.74, 6) is -0.957. The van der Waals surface area contributed by atoms with Crippen LogP contribution in [0, 0.1) is 30.9 Å². The smallest absolute Gasteiger partial charge is 0.390 e. The minimum absolute atomic E-state index is 0. The van der Waals surface area contributed by atoms with Crippen LogP contribution >= 0.6 is 0 Å². The maximum absolute atomic E-state index is 14.9. The van der Waals surface area contributed by atoms with Crippen molar-refractivity contribution in [1.29, 1.82) is 0 Å². The van der Waals surface area contributed by atoms with E-state index < -0.39 is 40.9 Å². The molecule has 1 aromatic carbocycles. The number of nitrogens with zero attached hydrogens (tertiary/aromatic N) is 4. The summed E-state index contributed by atoms with van der Waals surface area (Å²) < 4.78 is 69.4. The molecule has 0 spiro atoms. The van der Waals surface area contributed by atoms with Crippen molar-refractivity contribution in [2.45, 2.75) is 44.6 Å². The third-order valence-electron chi connectivity index (χ3n) is 6.41. The molecule has 0 unspecified atom stereocenters. The van der Waals surface area contributed by atoms with E-state index >= 15 is 0 Å². The van der Waals surface area contributed by atoms with E-state index in [9.17, 15) is 31.9 Å². The van der Waals surface area contributed by atoms with Crippen LogP contribution in [0.4, 0.5) is 27.6 Å². The zero-order valence-corrected chi connectivity index (χ0v) is 20.5. The molecule has 4 rings (SSSR count). The Morgan fingerprint density at radius 2 is 1.97 bits per heavy atom. The lowest BCUT2D eigenvalue weighted by molar-refractivity contribution is -0.149. The molecule has 1 amide bonds. The van der Waals surface area contributed by atoms with Crippen molar-refractivity contribution in [2.24, 2.45) is 0 Å². The van der Waals surface area contributed by atoms with E-state index in [1.807, 2.05) is 6.92 Å². The molecule has 2 aromatic heterocycles. The van der Waals surface area contributed by atoms with Gasteiger partial charge in [-0.3, -0.25) is 14.6 Å². The largest absolute Gasteiger partial charge is 0.408 e. The Morgan fingerprint density at radius 1 is 1.29 bits per heavy atom. The van der Waals surface area contributed by atoms with Gasteiger partial charge in [0.15, 0.2) is 0 Å². The highest BCUT2D eigenvalue weighted by Gasteiger charge is 2.46. The van der Waals surface area contributed by atoms with E-state index in [-0.39, 0.29) is 38.0 Å². The van der Waals surface area contributed by atoms with Gasteiger partial charge in [0.25, 0.3) is 5.91 Å². The first kappa shape index (κ1) is 28.6. The monoisotopic (exact) mass is 539 g/mol. The first-order valence-corrected chi connectivity index (χ1v) is 11.2. The van der Waals surface area contributed by atoms with Gasteiger partial charge in [0.2, 0.25) is 0 Å². The lowest BCUT2D eigenvalue weighted by Gasteiger charge is -2.50. The molecular weight excluding hydrogens is 513 g/mol. The van der Waals surface area contributed by atoms with Crippen molar-refractivity contribution < 1.29 is 31.9 Å². The summed E-state index contributed by atoms with van der Waals surface area (Å²) in [5, 5.41) is 22.7. The number of hydrogen-bond donors (Lipinski definition) is 4. The number of hydrogen-bond acceptors (Lipinski definition) is 6. The van der Waals surface area contributed by atoms with Gasteiger partial charge in [-0.25, -0.2) is 8.78 Å². The van der Waals surface area contributed by atoms with Crippen LogP contribution in [-0.2, 0) is 12.1 Å². The number of rotatable bonds is 7. The van der Waals surface area contributed by atoms with Crippen molar-refractivity contribution in [1.82, 2.24) is 31.4 Å². The number of carbonyl (C=O) groups is 1. The van der Waals surface area contributed by atoms with Gasteiger partial charge in [-0.2, -0.15) is 23.4 Å². The summed E-state index contributed by atoms with van der Waals surface area (Å²) in [6, 6.07) is -0.900. The van der Waals surface area contributed by atoms with E-state index in [0.29, 0.717) is 24.2 Å². The number of amides is 1. The zero-order chi connectivity index (χ0) is 27.1. The number of anilines is 1. The molecular formula is C24H26F5N7O2. The van der Waals surface area contributed by atoms with Crippen LogP contribution in [0.2, 0.25) is 0 Å². The number of terminal acetylenes is 1. The van der Waals surface area contributed by atoms with Gasteiger partial charge in [-0.05, 0) is 19.9 Å². The SMILES string of the molecule is C#CCC1(n2cc(-c3cn[nH]c3C)c(CO)n2)CN(c2cc(F)c(C(=O)N[C@@H](C)C(F)(F)F)cc2F)C1.N. The Morgan fingerprint density at radius 3 is 2.53 bits per heavy atom. The van der Waals surface area contributed by atoms with E-state index in [4.69, 9.17) is 6.42 Å². The Labute approximate surface area is 214 Å². The number of halogens is 5. The number of carbonyl (C=O) groups excluding carboxylic acids is 1. The summed E-state index contributed by atoms with van der Waals surface area (Å²) in [7, 11) is 0. The summed E-state index contributed by atoms with van der Waals surface area (Å²) in [4.78, 5) is 13.6. The van der Waals surface area contributed by atoms with Crippen LogP contribution in [0.15, 0.2) is 24.5 Å². The molecule has 0 saturated carbocycles. The van der Waals surface area contributed by atoms with Crippen molar-refractivity contribution in [3.63, 3.8) is 0 Å². The molecule has 204 valence electrons. The number of aromatic nitrogens is 4. The second-order valence-corrected chi connectivity index (χ2v) is 8.98. The highest BCUT2D eigenvalue weighted by atomic mass is 19.4. The molecule has 1 aliphatic heterocycles. The molecule has 14 heteroatoms. The van der Waals surface area contributed by atoms with Crippen LogP contribution in [0.1, 0.15) is 35.1 Å². The van der Waals surface area contributed by atoms with Crippen LogP contribution < -0.4 is 16.4 Å². The van der Waals surface area contributed by atoms with Gasteiger partial charge in [0, 0.05) is 48.6 Å². The number of H-pyrrole nitrogens is 1. The molecule has 1 fully saturated rings. The van der Waals surface area contributed by atoms with Gasteiger partial charge in [0.1, 0.15) is 23.2 Å². The molecule has 0 aliphatic carbocycles. The van der Waals surface area contributed by atoms with Gasteiger partial charge >= 0.3 is 6.18 Å². The lowest BCUT2D eigenvalue weighted by atomic mass is 9.86. The van der Waals surface area contributed by atoms with Crippen molar-refractivity contribution in [3.05, 3.63) is 53.1 Å².